The van der Waals surface area contributed by atoms with Gasteiger partial charge in [0, 0.05) is 0 Å². The van der Waals surface area contributed by atoms with Crippen molar-refractivity contribution < 1.29 is 9.05 Å². The molecule has 0 N–H and O–H groups in total. The predicted molar refractivity (Wildman–Crippen MR) is 83.2 cm³/mol. The molecule has 2 nitrogen and oxygen atoms in total. The van der Waals surface area contributed by atoms with Crippen molar-refractivity contribution in [3.63, 3.8) is 0 Å². The van der Waals surface area contributed by atoms with Crippen LogP contribution in [0.3, 0.4) is 0 Å². The van der Waals surface area contributed by atoms with Gasteiger partial charge < -0.3 is 9.05 Å². The van der Waals surface area contributed by atoms with E-state index in [0.717, 1.165) is 24.3 Å². The van der Waals surface area contributed by atoms with Crippen LogP contribution in [0.25, 0.3) is 0 Å². The molecule has 1 unspecified atom stereocenters. The van der Waals surface area contributed by atoms with Crippen LogP contribution in [0.2, 0.25) is 0 Å². The molecule has 0 spiro atoms. The second kappa shape index (κ2) is 6.58. The molecule has 0 heterocycles. The fourth-order valence-corrected chi connectivity index (χ4v) is 3.71. The lowest BCUT2D eigenvalue weighted by atomic mass is 10.3. The van der Waals surface area contributed by atoms with E-state index in [9.17, 15) is 0 Å². The highest BCUT2D eigenvalue weighted by atomic mass is 31.2. The Hall–Kier alpha value is -1.79. The minimum Gasteiger partial charge on any atom is -0.438 e. The van der Waals surface area contributed by atoms with Gasteiger partial charge in [0.2, 0.25) is 0 Å². The highest BCUT2D eigenvalue weighted by Gasteiger charge is 2.27. The van der Waals surface area contributed by atoms with Crippen molar-refractivity contribution in [1.82, 2.24) is 0 Å². The number of benzene rings is 2. The van der Waals surface area contributed by atoms with E-state index in [-0.39, 0.29) is 0 Å². The van der Waals surface area contributed by atoms with Gasteiger partial charge in [-0.25, -0.2) is 0 Å². The first kappa shape index (κ1) is 13.2. The first-order chi connectivity index (χ1) is 9.92. The second-order valence-corrected chi connectivity index (χ2v) is 6.27. The summed E-state index contributed by atoms with van der Waals surface area (Å²) in [6.45, 7) is 0. The monoisotopic (exact) mass is 284 g/mol. The molecule has 0 aliphatic heterocycles. The summed E-state index contributed by atoms with van der Waals surface area (Å²) in [5.41, 5.74) is 0.366. The van der Waals surface area contributed by atoms with Gasteiger partial charge in [-0.15, -0.1) is 0 Å². The molecule has 0 aromatic heterocycles. The highest BCUT2D eigenvalue weighted by molar-refractivity contribution is 7.49. The fourth-order valence-electron chi connectivity index (χ4n) is 2.12. The SMILES string of the molecule is C1=CC(P(Oc2ccccc2)Oc2ccccc2)CC1. The van der Waals surface area contributed by atoms with E-state index in [1.165, 1.54) is 0 Å². The second-order valence-electron chi connectivity index (χ2n) is 4.67. The Kier molecular flexibility index (Phi) is 4.35. The molecule has 0 fully saturated rings. The Labute approximate surface area is 121 Å². The molecule has 1 atom stereocenters. The molecule has 20 heavy (non-hydrogen) atoms. The summed E-state index contributed by atoms with van der Waals surface area (Å²) < 4.78 is 12.2. The highest BCUT2D eigenvalue weighted by Crippen LogP contribution is 2.48. The van der Waals surface area contributed by atoms with E-state index in [1.807, 2.05) is 60.7 Å². The van der Waals surface area contributed by atoms with Crippen molar-refractivity contribution in [2.75, 3.05) is 0 Å². The minimum atomic E-state index is -1.00. The summed E-state index contributed by atoms with van der Waals surface area (Å²) in [5, 5.41) is 0. The van der Waals surface area contributed by atoms with Crippen LogP contribution in [0, 0.1) is 0 Å². The molecule has 3 rings (SSSR count). The van der Waals surface area contributed by atoms with Crippen LogP contribution in [0.5, 0.6) is 11.5 Å². The number of allylic oxidation sites excluding steroid dienone is 2. The van der Waals surface area contributed by atoms with E-state index >= 15 is 0 Å². The van der Waals surface area contributed by atoms with Crippen LogP contribution in [-0.2, 0) is 0 Å². The molecule has 0 saturated carbocycles. The number of hydrogen-bond donors (Lipinski definition) is 0. The molecular weight excluding hydrogens is 267 g/mol. The maximum absolute atomic E-state index is 6.09. The van der Waals surface area contributed by atoms with Crippen LogP contribution >= 0.6 is 8.38 Å². The van der Waals surface area contributed by atoms with Crippen molar-refractivity contribution in [3.8, 4) is 11.5 Å². The molecule has 0 saturated heterocycles. The van der Waals surface area contributed by atoms with E-state index in [4.69, 9.17) is 9.05 Å². The summed E-state index contributed by atoms with van der Waals surface area (Å²) in [4.78, 5) is 0. The third-order valence-corrected chi connectivity index (χ3v) is 4.89. The zero-order valence-corrected chi connectivity index (χ0v) is 12.1. The lowest BCUT2D eigenvalue weighted by molar-refractivity contribution is 0.480. The zero-order chi connectivity index (χ0) is 13.6. The molecule has 102 valence electrons. The average Bonchev–Trinajstić information content (AvgIpc) is 3.03. The Morgan fingerprint density at radius 2 is 1.35 bits per heavy atom. The molecule has 0 bridgehead atoms. The van der Waals surface area contributed by atoms with E-state index < -0.39 is 8.38 Å². The Morgan fingerprint density at radius 1 is 0.800 bits per heavy atom. The molecular formula is C17H17O2P. The van der Waals surface area contributed by atoms with E-state index in [0.29, 0.717) is 5.66 Å². The standard InChI is InChI=1S/C17H17O2P/c1-3-9-15(10-4-1)18-20(17-13-7-8-14-17)19-16-11-5-2-6-12-16/h1-7,9-13,17H,8,14H2. The van der Waals surface area contributed by atoms with Gasteiger partial charge >= 0.3 is 0 Å². The largest absolute Gasteiger partial charge is 0.438 e. The van der Waals surface area contributed by atoms with Gasteiger partial charge in [0.15, 0.2) is 0 Å². The third kappa shape index (κ3) is 3.40. The maximum Gasteiger partial charge on any atom is 0.297 e. The zero-order valence-electron chi connectivity index (χ0n) is 11.2. The summed E-state index contributed by atoms with van der Waals surface area (Å²) in [6.07, 6.45) is 6.64. The molecule has 2 aromatic carbocycles. The van der Waals surface area contributed by atoms with Crippen molar-refractivity contribution >= 4 is 8.38 Å². The summed E-state index contributed by atoms with van der Waals surface area (Å²) in [5.74, 6) is 1.74. The molecule has 3 heteroatoms. The van der Waals surface area contributed by atoms with Crippen LogP contribution < -0.4 is 9.05 Å². The molecule has 0 radical (unpaired) electrons. The first-order valence-corrected chi connectivity index (χ1v) is 8.08. The predicted octanol–water partition coefficient (Wildman–Crippen LogP) is 5.17. The van der Waals surface area contributed by atoms with Gasteiger partial charge in [-0.2, -0.15) is 0 Å². The molecule has 1 aliphatic rings. The normalized spacial score (nSPS) is 17.4. The number of hydrogen-bond acceptors (Lipinski definition) is 2. The average molecular weight is 284 g/mol. The first-order valence-electron chi connectivity index (χ1n) is 6.84. The van der Waals surface area contributed by atoms with E-state index in [2.05, 4.69) is 12.2 Å². The maximum atomic E-state index is 6.09. The van der Waals surface area contributed by atoms with Crippen molar-refractivity contribution in [2.24, 2.45) is 0 Å². The Balaban J connectivity index is 1.75. The van der Waals surface area contributed by atoms with Gasteiger partial charge in [-0.05, 0) is 37.1 Å². The smallest absolute Gasteiger partial charge is 0.297 e. The van der Waals surface area contributed by atoms with Crippen molar-refractivity contribution in [3.05, 3.63) is 72.8 Å². The lowest BCUT2D eigenvalue weighted by Gasteiger charge is -2.22. The van der Waals surface area contributed by atoms with Crippen molar-refractivity contribution in [2.45, 2.75) is 18.5 Å². The minimum absolute atomic E-state index is 0.366. The molecule has 1 aliphatic carbocycles. The van der Waals surface area contributed by atoms with Gasteiger partial charge in [0.05, 0.1) is 5.66 Å². The Morgan fingerprint density at radius 3 is 1.80 bits per heavy atom. The Bertz CT molecular complexity index is 512. The fraction of sp³-hybridized carbons (Fsp3) is 0.176. The van der Waals surface area contributed by atoms with Crippen LogP contribution in [0.1, 0.15) is 12.8 Å². The van der Waals surface area contributed by atoms with Gasteiger partial charge in [0.25, 0.3) is 8.38 Å². The topological polar surface area (TPSA) is 18.5 Å². The summed E-state index contributed by atoms with van der Waals surface area (Å²) >= 11 is 0. The van der Waals surface area contributed by atoms with Crippen molar-refractivity contribution in [1.29, 1.82) is 0 Å². The number of para-hydroxylation sites is 2. The van der Waals surface area contributed by atoms with Crippen LogP contribution in [0.15, 0.2) is 72.8 Å². The van der Waals surface area contributed by atoms with Crippen LogP contribution in [-0.4, -0.2) is 5.66 Å². The quantitative estimate of drug-likeness (QED) is 0.556. The van der Waals surface area contributed by atoms with E-state index in [1.54, 1.807) is 0 Å². The summed E-state index contributed by atoms with van der Waals surface area (Å²) in [6, 6.07) is 19.8. The molecule has 0 amide bonds. The lowest BCUT2D eigenvalue weighted by Crippen LogP contribution is -2.08. The van der Waals surface area contributed by atoms with Gasteiger partial charge in [-0.3, -0.25) is 0 Å². The van der Waals surface area contributed by atoms with Crippen LogP contribution in [0.4, 0.5) is 0 Å². The summed E-state index contributed by atoms with van der Waals surface area (Å²) in [7, 11) is -1.00. The van der Waals surface area contributed by atoms with Gasteiger partial charge in [-0.1, -0.05) is 48.6 Å². The molecule has 2 aromatic rings. The van der Waals surface area contributed by atoms with Gasteiger partial charge in [0.1, 0.15) is 11.5 Å². The third-order valence-electron chi connectivity index (χ3n) is 3.14. The number of rotatable bonds is 5.